The Labute approximate surface area is 119 Å². The summed E-state index contributed by atoms with van der Waals surface area (Å²) in [7, 11) is 0. The van der Waals surface area contributed by atoms with Crippen LogP contribution in [-0.2, 0) is 6.54 Å². The van der Waals surface area contributed by atoms with Gasteiger partial charge in [0.2, 0.25) is 0 Å². The van der Waals surface area contributed by atoms with Gasteiger partial charge in [-0.2, -0.15) is 0 Å². The van der Waals surface area contributed by atoms with Crippen molar-refractivity contribution in [3.8, 4) is 0 Å². The predicted octanol–water partition coefficient (Wildman–Crippen LogP) is 2.04. The molecular weight excluding hydrogens is 256 g/mol. The molecule has 2 aliphatic rings. The van der Waals surface area contributed by atoms with Crippen LogP contribution in [0.5, 0.6) is 0 Å². The van der Waals surface area contributed by atoms with Crippen LogP contribution in [-0.4, -0.2) is 53.1 Å². The Morgan fingerprint density at radius 1 is 1.30 bits per heavy atom. The molecule has 0 bridgehead atoms. The molecule has 3 heterocycles. The molecule has 1 atom stereocenters. The summed E-state index contributed by atoms with van der Waals surface area (Å²) in [5.74, 6) is -0.172. The summed E-state index contributed by atoms with van der Waals surface area (Å²) in [5, 5.41) is 8.89. The quantitative estimate of drug-likeness (QED) is 0.913. The predicted molar refractivity (Wildman–Crippen MR) is 74.8 cm³/mol. The first-order valence-electron chi connectivity index (χ1n) is 7.49. The van der Waals surface area contributed by atoms with Crippen LogP contribution in [0.15, 0.2) is 16.7 Å². The second kappa shape index (κ2) is 5.97. The van der Waals surface area contributed by atoms with E-state index < -0.39 is 5.97 Å². The first kappa shape index (κ1) is 13.6. The minimum absolute atomic E-state index is 0.242. The summed E-state index contributed by atoms with van der Waals surface area (Å²) in [5.41, 5.74) is 0.242. The van der Waals surface area contributed by atoms with E-state index in [0.29, 0.717) is 6.04 Å². The molecule has 0 saturated carbocycles. The Balaban J connectivity index is 1.52. The third-order valence-electron chi connectivity index (χ3n) is 4.43. The molecule has 110 valence electrons. The number of carboxylic acids is 1. The normalized spacial score (nSPS) is 25.1. The number of likely N-dealkylation sites (tertiary alicyclic amines) is 2. The van der Waals surface area contributed by atoms with Gasteiger partial charge in [-0.05, 0) is 38.4 Å². The number of carbonyl (C=O) groups is 1. The van der Waals surface area contributed by atoms with Crippen molar-refractivity contribution in [2.75, 3.05) is 26.2 Å². The minimum Gasteiger partial charge on any atom is -0.478 e. The molecule has 2 fully saturated rings. The molecule has 0 aliphatic carbocycles. The number of carboxylic acid groups (broad SMARTS) is 1. The number of rotatable bonds is 4. The van der Waals surface area contributed by atoms with Gasteiger partial charge in [0, 0.05) is 19.1 Å². The van der Waals surface area contributed by atoms with E-state index in [1.807, 2.05) is 0 Å². The highest BCUT2D eigenvalue weighted by molar-refractivity contribution is 5.87. The molecular formula is C15H22N2O3. The molecule has 20 heavy (non-hydrogen) atoms. The molecule has 0 amide bonds. The fourth-order valence-corrected chi connectivity index (χ4v) is 3.33. The van der Waals surface area contributed by atoms with E-state index >= 15 is 0 Å². The van der Waals surface area contributed by atoms with Crippen LogP contribution in [0.4, 0.5) is 0 Å². The molecule has 5 nitrogen and oxygen atoms in total. The minimum atomic E-state index is -0.924. The first-order chi connectivity index (χ1) is 9.72. The van der Waals surface area contributed by atoms with Gasteiger partial charge < -0.3 is 9.52 Å². The summed E-state index contributed by atoms with van der Waals surface area (Å²) < 4.78 is 5.33. The van der Waals surface area contributed by atoms with Crippen LogP contribution in [0, 0.1) is 0 Å². The van der Waals surface area contributed by atoms with Crippen LogP contribution in [0.3, 0.4) is 0 Å². The Bertz CT molecular complexity index is 465. The smallest absolute Gasteiger partial charge is 0.338 e. The lowest BCUT2D eigenvalue weighted by Gasteiger charge is -2.32. The Hall–Kier alpha value is -1.33. The second-order valence-corrected chi connectivity index (χ2v) is 5.88. The number of nitrogens with zero attached hydrogens (tertiary/aromatic N) is 2. The SMILES string of the molecule is O=C(O)c1coc(CN2CCC(N3CCCCC3)C2)c1. The maximum Gasteiger partial charge on any atom is 0.338 e. The van der Waals surface area contributed by atoms with Gasteiger partial charge >= 0.3 is 5.97 Å². The van der Waals surface area contributed by atoms with Crippen molar-refractivity contribution in [2.45, 2.75) is 38.3 Å². The molecule has 1 aromatic heterocycles. The highest BCUT2D eigenvalue weighted by Crippen LogP contribution is 2.22. The summed E-state index contributed by atoms with van der Waals surface area (Å²) in [6.07, 6.45) is 6.58. The average Bonchev–Trinajstić information content (AvgIpc) is 3.10. The molecule has 0 aromatic carbocycles. The van der Waals surface area contributed by atoms with E-state index in [9.17, 15) is 4.79 Å². The van der Waals surface area contributed by atoms with Crippen LogP contribution in [0.1, 0.15) is 41.8 Å². The van der Waals surface area contributed by atoms with Gasteiger partial charge in [-0.3, -0.25) is 9.80 Å². The molecule has 1 N–H and O–H groups in total. The third-order valence-corrected chi connectivity index (χ3v) is 4.43. The molecule has 3 rings (SSSR count). The third kappa shape index (κ3) is 3.04. The van der Waals surface area contributed by atoms with E-state index in [1.165, 1.54) is 45.0 Å². The molecule has 2 aliphatic heterocycles. The highest BCUT2D eigenvalue weighted by Gasteiger charge is 2.28. The lowest BCUT2D eigenvalue weighted by Crippen LogP contribution is -2.40. The van der Waals surface area contributed by atoms with E-state index in [-0.39, 0.29) is 5.56 Å². The highest BCUT2D eigenvalue weighted by atomic mass is 16.4. The molecule has 5 heteroatoms. The lowest BCUT2D eigenvalue weighted by atomic mass is 10.1. The standard InChI is InChI=1S/C15H22N2O3/c18-15(19)12-8-14(20-11-12)10-16-7-4-13(9-16)17-5-2-1-3-6-17/h8,11,13H,1-7,9-10H2,(H,18,19). The fourth-order valence-electron chi connectivity index (χ4n) is 3.33. The van der Waals surface area contributed by atoms with Crippen LogP contribution in [0.25, 0.3) is 0 Å². The van der Waals surface area contributed by atoms with Crippen molar-refractivity contribution in [2.24, 2.45) is 0 Å². The van der Waals surface area contributed by atoms with E-state index in [4.69, 9.17) is 9.52 Å². The van der Waals surface area contributed by atoms with Gasteiger partial charge in [-0.1, -0.05) is 6.42 Å². The lowest BCUT2D eigenvalue weighted by molar-refractivity contribution is 0.0696. The zero-order valence-electron chi connectivity index (χ0n) is 11.8. The van der Waals surface area contributed by atoms with E-state index in [1.54, 1.807) is 6.07 Å². The molecule has 2 saturated heterocycles. The van der Waals surface area contributed by atoms with Gasteiger partial charge in [0.1, 0.15) is 12.0 Å². The number of hydrogen-bond donors (Lipinski definition) is 1. The molecule has 1 aromatic rings. The van der Waals surface area contributed by atoms with Gasteiger partial charge in [-0.25, -0.2) is 4.79 Å². The van der Waals surface area contributed by atoms with Gasteiger partial charge in [-0.15, -0.1) is 0 Å². The molecule has 0 spiro atoms. The van der Waals surface area contributed by atoms with Crippen molar-refractivity contribution in [1.82, 2.24) is 9.80 Å². The Morgan fingerprint density at radius 2 is 2.10 bits per heavy atom. The Morgan fingerprint density at radius 3 is 2.80 bits per heavy atom. The van der Waals surface area contributed by atoms with E-state index in [2.05, 4.69) is 9.80 Å². The zero-order chi connectivity index (χ0) is 13.9. The van der Waals surface area contributed by atoms with E-state index in [0.717, 1.165) is 25.4 Å². The van der Waals surface area contributed by atoms with Crippen molar-refractivity contribution >= 4 is 5.97 Å². The van der Waals surface area contributed by atoms with Gasteiger partial charge in [0.15, 0.2) is 0 Å². The molecule has 1 unspecified atom stereocenters. The van der Waals surface area contributed by atoms with Crippen LogP contribution in [0.2, 0.25) is 0 Å². The van der Waals surface area contributed by atoms with Crippen molar-refractivity contribution in [1.29, 1.82) is 0 Å². The zero-order valence-corrected chi connectivity index (χ0v) is 11.8. The first-order valence-corrected chi connectivity index (χ1v) is 7.49. The number of aromatic carboxylic acids is 1. The molecule has 0 radical (unpaired) electrons. The van der Waals surface area contributed by atoms with Gasteiger partial charge in [0.25, 0.3) is 0 Å². The number of piperidine rings is 1. The van der Waals surface area contributed by atoms with Crippen molar-refractivity contribution in [3.63, 3.8) is 0 Å². The van der Waals surface area contributed by atoms with Crippen LogP contribution < -0.4 is 0 Å². The Kier molecular flexibility index (Phi) is 4.08. The van der Waals surface area contributed by atoms with Crippen molar-refractivity contribution < 1.29 is 14.3 Å². The summed E-state index contributed by atoms with van der Waals surface area (Å²) in [6, 6.07) is 2.31. The largest absolute Gasteiger partial charge is 0.478 e. The van der Waals surface area contributed by atoms with Gasteiger partial charge in [0.05, 0.1) is 12.1 Å². The second-order valence-electron chi connectivity index (χ2n) is 5.88. The number of furan rings is 1. The van der Waals surface area contributed by atoms with Crippen LogP contribution >= 0.6 is 0 Å². The monoisotopic (exact) mass is 278 g/mol. The topological polar surface area (TPSA) is 56.9 Å². The summed E-state index contributed by atoms with van der Waals surface area (Å²) in [4.78, 5) is 15.8. The maximum atomic E-state index is 10.8. The number of hydrogen-bond acceptors (Lipinski definition) is 4. The summed E-state index contributed by atoms with van der Waals surface area (Å²) >= 11 is 0. The maximum absolute atomic E-state index is 10.8. The summed E-state index contributed by atoms with van der Waals surface area (Å²) in [6.45, 7) is 5.34. The fraction of sp³-hybridized carbons (Fsp3) is 0.667. The van der Waals surface area contributed by atoms with Crippen molar-refractivity contribution in [3.05, 3.63) is 23.7 Å². The average molecular weight is 278 g/mol.